The average molecular weight is 326 g/mol. The zero-order valence-corrected chi connectivity index (χ0v) is 13.3. The predicted octanol–water partition coefficient (Wildman–Crippen LogP) is 2.80. The van der Waals surface area contributed by atoms with Crippen LogP contribution in [0.3, 0.4) is 0 Å². The van der Waals surface area contributed by atoms with Crippen molar-refractivity contribution in [3.8, 4) is 5.75 Å². The largest absolute Gasteiger partial charge is 0.495 e. The van der Waals surface area contributed by atoms with Gasteiger partial charge in [0.25, 0.3) is 0 Å². The molecule has 4 nitrogen and oxygen atoms in total. The smallest absolute Gasteiger partial charge is 0.175 e. The van der Waals surface area contributed by atoms with Crippen LogP contribution in [0.4, 0.5) is 0 Å². The second-order valence-corrected chi connectivity index (χ2v) is 7.14. The van der Waals surface area contributed by atoms with Crippen LogP contribution in [-0.4, -0.2) is 21.8 Å². The first-order valence-corrected chi connectivity index (χ1v) is 8.49. The molecule has 112 valence electrons. The minimum absolute atomic E-state index is 0.247. The van der Waals surface area contributed by atoms with Crippen LogP contribution in [0.5, 0.6) is 5.75 Å². The quantitative estimate of drug-likeness (QED) is 0.938. The monoisotopic (exact) mass is 325 g/mol. The fourth-order valence-corrected chi connectivity index (χ4v) is 2.87. The van der Waals surface area contributed by atoms with Gasteiger partial charge in [0, 0.05) is 6.26 Å². The summed E-state index contributed by atoms with van der Waals surface area (Å²) in [5, 5.41) is 0.498. The van der Waals surface area contributed by atoms with E-state index < -0.39 is 15.9 Å². The van der Waals surface area contributed by atoms with Crippen molar-refractivity contribution in [1.29, 1.82) is 0 Å². The molecule has 2 aromatic carbocycles. The molecular weight excluding hydrogens is 310 g/mol. The third kappa shape index (κ3) is 3.56. The van der Waals surface area contributed by atoms with Gasteiger partial charge in [0.2, 0.25) is 0 Å². The number of hydrogen-bond acceptors (Lipinski definition) is 4. The van der Waals surface area contributed by atoms with Crippen LogP contribution in [0, 0.1) is 0 Å². The Labute approximate surface area is 129 Å². The summed E-state index contributed by atoms with van der Waals surface area (Å²) in [5.74, 6) is 0.531. The molecule has 0 saturated heterocycles. The average Bonchev–Trinajstić information content (AvgIpc) is 2.46. The van der Waals surface area contributed by atoms with Crippen LogP contribution < -0.4 is 10.5 Å². The highest BCUT2D eigenvalue weighted by Crippen LogP contribution is 2.30. The van der Waals surface area contributed by atoms with E-state index in [2.05, 4.69) is 0 Å². The number of halogens is 1. The molecule has 6 heteroatoms. The fraction of sp³-hybridized carbons (Fsp3) is 0.200. The third-order valence-corrected chi connectivity index (χ3v) is 4.60. The number of sulfone groups is 1. The molecule has 21 heavy (non-hydrogen) atoms. The van der Waals surface area contributed by atoms with Crippen molar-refractivity contribution in [2.75, 3.05) is 13.4 Å². The molecule has 2 rings (SSSR count). The molecule has 0 aromatic heterocycles. The second kappa shape index (κ2) is 6.05. The summed E-state index contributed by atoms with van der Waals surface area (Å²) in [5.41, 5.74) is 7.71. The first kappa shape index (κ1) is 15.8. The fourth-order valence-electron chi connectivity index (χ4n) is 2.00. The lowest BCUT2D eigenvalue weighted by molar-refractivity contribution is 0.414. The van der Waals surface area contributed by atoms with Gasteiger partial charge in [-0.3, -0.25) is 0 Å². The molecule has 0 fully saturated rings. The molecular formula is C15H16ClNO3S. The van der Waals surface area contributed by atoms with Crippen molar-refractivity contribution in [2.45, 2.75) is 10.9 Å². The molecule has 0 saturated carbocycles. The Morgan fingerprint density at radius 1 is 1.14 bits per heavy atom. The number of nitrogens with two attached hydrogens (primary N) is 1. The van der Waals surface area contributed by atoms with E-state index in [9.17, 15) is 8.42 Å². The topological polar surface area (TPSA) is 69.4 Å². The van der Waals surface area contributed by atoms with Crippen LogP contribution in [0.25, 0.3) is 0 Å². The maximum atomic E-state index is 11.6. The van der Waals surface area contributed by atoms with Crippen LogP contribution in [0.15, 0.2) is 47.4 Å². The van der Waals surface area contributed by atoms with E-state index in [0.29, 0.717) is 16.3 Å². The van der Waals surface area contributed by atoms with E-state index in [1.165, 1.54) is 13.4 Å². The Kier molecular flexibility index (Phi) is 4.56. The highest BCUT2D eigenvalue weighted by Gasteiger charge is 2.14. The maximum absolute atomic E-state index is 11.6. The van der Waals surface area contributed by atoms with Gasteiger partial charge in [0.05, 0.1) is 23.1 Å². The summed E-state index contributed by atoms with van der Waals surface area (Å²) < 4.78 is 28.4. The van der Waals surface area contributed by atoms with Crippen LogP contribution in [-0.2, 0) is 9.84 Å². The Balaban J connectivity index is 2.43. The number of methoxy groups -OCH3 is 1. The molecule has 0 amide bonds. The van der Waals surface area contributed by atoms with Gasteiger partial charge >= 0.3 is 0 Å². The molecule has 0 aliphatic heterocycles. The molecule has 0 aliphatic carbocycles. The first-order chi connectivity index (χ1) is 9.82. The Morgan fingerprint density at radius 3 is 2.43 bits per heavy atom. The van der Waals surface area contributed by atoms with Crippen LogP contribution in [0.1, 0.15) is 17.2 Å². The molecule has 0 spiro atoms. The molecule has 0 heterocycles. The maximum Gasteiger partial charge on any atom is 0.175 e. The standard InChI is InChI=1S/C15H16ClNO3S/c1-20-14-9-11(6-7-13(14)16)15(17)10-4-3-5-12(8-10)21(2,18)19/h3-9,15H,17H2,1-2H3. The Hall–Kier alpha value is -1.56. The van der Waals surface area contributed by atoms with Gasteiger partial charge in [-0.05, 0) is 35.4 Å². The summed E-state index contributed by atoms with van der Waals surface area (Å²) in [4.78, 5) is 0.247. The van der Waals surface area contributed by atoms with Crippen LogP contribution in [0.2, 0.25) is 5.02 Å². The summed E-state index contributed by atoms with van der Waals surface area (Å²) >= 11 is 5.99. The molecule has 2 aromatic rings. The third-order valence-electron chi connectivity index (χ3n) is 3.18. The van der Waals surface area contributed by atoms with Crippen molar-refractivity contribution in [3.63, 3.8) is 0 Å². The van der Waals surface area contributed by atoms with Gasteiger partial charge in [-0.1, -0.05) is 29.8 Å². The number of ether oxygens (including phenoxy) is 1. The minimum atomic E-state index is -3.26. The molecule has 0 radical (unpaired) electrons. The lowest BCUT2D eigenvalue weighted by Gasteiger charge is -2.15. The zero-order valence-electron chi connectivity index (χ0n) is 11.7. The van der Waals surface area contributed by atoms with Gasteiger partial charge in [-0.2, -0.15) is 0 Å². The van der Waals surface area contributed by atoms with E-state index >= 15 is 0 Å². The summed E-state index contributed by atoms with van der Waals surface area (Å²) in [6.07, 6.45) is 1.17. The van der Waals surface area contributed by atoms with Crippen molar-refractivity contribution in [1.82, 2.24) is 0 Å². The number of hydrogen-bond donors (Lipinski definition) is 1. The summed E-state index contributed by atoms with van der Waals surface area (Å²) in [6.45, 7) is 0. The summed E-state index contributed by atoms with van der Waals surface area (Å²) in [6, 6.07) is 11.4. The van der Waals surface area contributed by atoms with E-state index in [-0.39, 0.29) is 4.90 Å². The highest BCUT2D eigenvalue weighted by atomic mass is 35.5. The second-order valence-electron chi connectivity index (χ2n) is 4.72. The van der Waals surface area contributed by atoms with Gasteiger partial charge in [0.1, 0.15) is 5.75 Å². The highest BCUT2D eigenvalue weighted by molar-refractivity contribution is 7.90. The number of rotatable bonds is 4. The Bertz CT molecular complexity index is 759. The normalized spacial score (nSPS) is 13.0. The van der Waals surface area contributed by atoms with Crippen molar-refractivity contribution in [2.24, 2.45) is 5.73 Å². The molecule has 1 atom stereocenters. The van der Waals surface area contributed by atoms with E-state index in [0.717, 1.165) is 5.56 Å². The molecule has 0 bridgehead atoms. The predicted molar refractivity (Wildman–Crippen MR) is 83.6 cm³/mol. The minimum Gasteiger partial charge on any atom is -0.495 e. The van der Waals surface area contributed by atoms with E-state index in [1.54, 1.807) is 42.5 Å². The lowest BCUT2D eigenvalue weighted by atomic mass is 9.99. The van der Waals surface area contributed by atoms with Crippen molar-refractivity contribution in [3.05, 3.63) is 58.6 Å². The molecule has 1 unspecified atom stereocenters. The first-order valence-electron chi connectivity index (χ1n) is 6.22. The van der Waals surface area contributed by atoms with Gasteiger partial charge < -0.3 is 10.5 Å². The van der Waals surface area contributed by atoms with Crippen LogP contribution >= 0.6 is 11.6 Å². The van der Waals surface area contributed by atoms with Gasteiger partial charge in [0.15, 0.2) is 9.84 Å². The molecule has 2 N–H and O–H groups in total. The van der Waals surface area contributed by atoms with Gasteiger partial charge in [-0.15, -0.1) is 0 Å². The van der Waals surface area contributed by atoms with Crippen molar-refractivity contribution < 1.29 is 13.2 Å². The lowest BCUT2D eigenvalue weighted by Crippen LogP contribution is -2.12. The van der Waals surface area contributed by atoms with Gasteiger partial charge in [-0.25, -0.2) is 8.42 Å². The van der Waals surface area contributed by atoms with E-state index in [4.69, 9.17) is 22.1 Å². The Morgan fingerprint density at radius 2 is 1.81 bits per heavy atom. The summed E-state index contributed by atoms with van der Waals surface area (Å²) in [7, 11) is -1.73. The zero-order chi connectivity index (χ0) is 15.6. The van der Waals surface area contributed by atoms with Crippen molar-refractivity contribution >= 4 is 21.4 Å². The molecule has 0 aliphatic rings. The number of benzene rings is 2. The SMILES string of the molecule is COc1cc(C(N)c2cccc(S(C)(=O)=O)c2)ccc1Cl. The van der Waals surface area contributed by atoms with E-state index in [1.807, 2.05) is 0 Å².